The minimum Gasteiger partial charge on any atom is -0.490 e. The molecule has 1 amide bonds. The molecule has 0 radical (unpaired) electrons. The van der Waals surface area contributed by atoms with Gasteiger partial charge in [-0.25, -0.2) is 9.37 Å². The van der Waals surface area contributed by atoms with Gasteiger partial charge in [0.15, 0.2) is 23.1 Å². The normalized spacial score (nSPS) is 14.3. The van der Waals surface area contributed by atoms with Crippen molar-refractivity contribution < 1.29 is 23.4 Å². The summed E-state index contributed by atoms with van der Waals surface area (Å²) in [5, 5.41) is 9.28. The maximum absolute atomic E-state index is 14.8. The monoisotopic (exact) mass is 571 g/mol. The number of anilines is 3. The lowest BCUT2D eigenvalue weighted by Crippen LogP contribution is -2.28. The Morgan fingerprint density at radius 1 is 1.02 bits per heavy atom. The molecule has 0 bridgehead atoms. The Hall–Kier alpha value is -4.70. The molecule has 10 heteroatoms. The Labute approximate surface area is 244 Å². The quantitative estimate of drug-likeness (QED) is 0.186. The average molecular weight is 572 g/mol. The Morgan fingerprint density at radius 2 is 1.81 bits per heavy atom. The van der Waals surface area contributed by atoms with Crippen LogP contribution in [0.25, 0.3) is 0 Å². The number of aryl methyl sites for hydroxylation is 2. The van der Waals surface area contributed by atoms with Gasteiger partial charge in [-0.15, -0.1) is 0 Å². The molecule has 4 aromatic rings. The Kier molecular flexibility index (Phi) is 9.13. The molecule has 1 aliphatic rings. The number of carbonyl (C=O) groups excluding carboxylic acids is 1. The van der Waals surface area contributed by atoms with E-state index in [1.165, 1.54) is 12.3 Å². The summed E-state index contributed by atoms with van der Waals surface area (Å²) in [6, 6.07) is 17.7. The molecule has 1 fully saturated rings. The smallest absolute Gasteiger partial charge is 0.262 e. The maximum atomic E-state index is 14.8. The van der Waals surface area contributed by atoms with Gasteiger partial charge >= 0.3 is 0 Å². The van der Waals surface area contributed by atoms with Crippen LogP contribution in [0.4, 0.5) is 21.7 Å². The van der Waals surface area contributed by atoms with E-state index < -0.39 is 11.7 Å². The molecular formula is C32H34FN5O4. The van der Waals surface area contributed by atoms with E-state index in [0.29, 0.717) is 36.1 Å². The number of halogens is 1. The first-order chi connectivity index (χ1) is 20.4. The highest BCUT2D eigenvalue weighted by atomic mass is 19.1. The van der Waals surface area contributed by atoms with Crippen LogP contribution in [0.1, 0.15) is 41.3 Å². The van der Waals surface area contributed by atoms with Crippen molar-refractivity contribution in [3.8, 4) is 23.1 Å². The van der Waals surface area contributed by atoms with Crippen molar-refractivity contribution in [3.63, 3.8) is 0 Å². The lowest BCUT2D eigenvalue weighted by atomic mass is 10.1. The average Bonchev–Trinajstić information content (AvgIpc) is 3.50. The highest BCUT2D eigenvalue weighted by Crippen LogP contribution is 2.33. The van der Waals surface area contributed by atoms with E-state index in [-0.39, 0.29) is 29.2 Å². The third-order valence-corrected chi connectivity index (χ3v) is 6.86. The number of ether oxygens (including phenoxy) is 3. The van der Waals surface area contributed by atoms with E-state index in [1.54, 1.807) is 30.3 Å². The van der Waals surface area contributed by atoms with Crippen LogP contribution >= 0.6 is 0 Å². The third-order valence-electron chi connectivity index (χ3n) is 6.86. The molecule has 2 heterocycles. The van der Waals surface area contributed by atoms with Crippen molar-refractivity contribution in [2.24, 2.45) is 0 Å². The van der Waals surface area contributed by atoms with Crippen molar-refractivity contribution in [1.82, 2.24) is 15.3 Å². The van der Waals surface area contributed by atoms with Gasteiger partial charge in [-0.1, -0.05) is 30.3 Å². The minimum absolute atomic E-state index is 0.00730. The fourth-order valence-electron chi connectivity index (χ4n) is 4.68. The zero-order chi connectivity index (χ0) is 29.5. The highest BCUT2D eigenvalue weighted by molar-refractivity contribution is 6.06. The van der Waals surface area contributed by atoms with Crippen LogP contribution in [-0.2, 0) is 0 Å². The lowest BCUT2D eigenvalue weighted by Gasteiger charge is -2.16. The van der Waals surface area contributed by atoms with Crippen molar-refractivity contribution in [1.29, 1.82) is 0 Å². The van der Waals surface area contributed by atoms with Crippen molar-refractivity contribution in [3.05, 3.63) is 89.4 Å². The standard InChI is InChI=1S/C32H34FN5O4/c1-4-40-27-12-5-6-13-28(27)42-31-24(30(39)37-29-20(2)9-7-10-21(29)3)18-35-32(38-31)36-22-14-15-26(25(33)17-22)41-19-23-11-8-16-34-23/h5-7,9-10,12-15,17-18,23,34H,4,8,11,16,19H2,1-3H3,(H,37,39)(H,35,36,38)/t23-/m1/s1. The molecule has 0 unspecified atom stereocenters. The van der Waals surface area contributed by atoms with Gasteiger partial charge in [-0.05, 0) is 75.5 Å². The minimum atomic E-state index is -0.510. The van der Waals surface area contributed by atoms with E-state index in [1.807, 2.05) is 45.0 Å². The predicted molar refractivity (Wildman–Crippen MR) is 160 cm³/mol. The Bertz CT molecular complexity index is 1540. The van der Waals surface area contributed by atoms with Gasteiger partial charge in [-0.2, -0.15) is 4.98 Å². The predicted octanol–water partition coefficient (Wildman–Crippen LogP) is 6.55. The van der Waals surface area contributed by atoms with E-state index in [2.05, 4.69) is 25.9 Å². The summed E-state index contributed by atoms with van der Waals surface area (Å²) >= 11 is 0. The molecule has 0 spiro atoms. The number of hydrogen-bond donors (Lipinski definition) is 3. The van der Waals surface area contributed by atoms with Gasteiger partial charge in [0.05, 0.1) is 6.61 Å². The Balaban J connectivity index is 1.40. The number of nitrogens with one attached hydrogen (secondary N) is 3. The number of hydrogen-bond acceptors (Lipinski definition) is 8. The van der Waals surface area contributed by atoms with E-state index in [4.69, 9.17) is 14.2 Å². The summed E-state index contributed by atoms with van der Waals surface area (Å²) in [6.07, 6.45) is 3.48. The molecule has 5 rings (SSSR count). The molecule has 1 atom stereocenters. The van der Waals surface area contributed by atoms with Crippen LogP contribution in [0.2, 0.25) is 0 Å². The summed E-state index contributed by atoms with van der Waals surface area (Å²) in [5.74, 6) is 0.231. The molecule has 0 aliphatic carbocycles. The first kappa shape index (κ1) is 28.8. The van der Waals surface area contributed by atoms with Crippen molar-refractivity contribution >= 4 is 23.2 Å². The van der Waals surface area contributed by atoms with Gasteiger partial charge in [-0.3, -0.25) is 4.79 Å². The van der Waals surface area contributed by atoms with Gasteiger partial charge in [0, 0.05) is 29.7 Å². The second-order valence-electron chi connectivity index (χ2n) is 9.99. The summed E-state index contributed by atoms with van der Waals surface area (Å²) in [6.45, 7) is 7.50. The van der Waals surface area contributed by atoms with E-state index in [9.17, 15) is 9.18 Å². The first-order valence-corrected chi connectivity index (χ1v) is 14.0. The summed E-state index contributed by atoms with van der Waals surface area (Å²) in [5.41, 5.74) is 3.06. The molecule has 42 heavy (non-hydrogen) atoms. The van der Waals surface area contributed by atoms with Gasteiger partial charge in [0.1, 0.15) is 12.2 Å². The van der Waals surface area contributed by atoms with E-state index >= 15 is 0 Å². The number of benzene rings is 3. The molecule has 9 nitrogen and oxygen atoms in total. The SMILES string of the molecule is CCOc1ccccc1Oc1nc(Nc2ccc(OC[C@H]3CCCN3)c(F)c2)ncc1C(=O)Nc1c(C)cccc1C. The third kappa shape index (κ3) is 6.95. The number of rotatable bonds is 11. The van der Waals surface area contributed by atoms with Crippen molar-refractivity contribution in [2.75, 3.05) is 30.4 Å². The molecule has 3 aromatic carbocycles. The van der Waals surface area contributed by atoms with Crippen LogP contribution in [-0.4, -0.2) is 41.7 Å². The van der Waals surface area contributed by atoms with Gasteiger partial charge in [0.25, 0.3) is 5.91 Å². The number of amides is 1. The fourth-order valence-corrected chi connectivity index (χ4v) is 4.68. The molecule has 1 aliphatic heterocycles. The molecular weight excluding hydrogens is 537 g/mol. The topological polar surface area (TPSA) is 107 Å². The van der Waals surface area contributed by atoms with Crippen LogP contribution in [0.3, 0.4) is 0 Å². The number of nitrogens with zero attached hydrogens (tertiary/aromatic N) is 2. The largest absolute Gasteiger partial charge is 0.490 e. The fraction of sp³-hybridized carbons (Fsp3) is 0.281. The van der Waals surface area contributed by atoms with Crippen LogP contribution < -0.4 is 30.2 Å². The molecule has 218 valence electrons. The number of aromatic nitrogens is 2. The summed E-state index contributed by atoms with van der Waals surface area (Å²) in [4.78, 5) is 22.3. The van der Waals surface area contributed by atoms with E-state index in [0.717, 1.165) is 30.5 Å². The maximum Gasteiger partial charge on any atom is 0.262 e. The summed E-state index contributed by atoms with van der Waals surface area (Å²) in [7, 11) is 0. The lowest BCUT2D eigenvalue weighted by molar-refractivity contribution is 0.102. The zero-order valence-electron chi connectivity index (χ0n) is 23.9. The van der Waals surface area contributed by atoms with Crippen LogP contribution in [0, 0.1) is 19.7 Å². The summed E-state index contributed by atoms with van der Waals surface area (Å²) < 4.78 is 32.3. The van der Waals surface area contributed by atoms with Crippen LogP contribution in [0.5, 0.6) is 23.1 Å². The van der Waals surface area contributed by atoms with Gasteiger partial charge in [0.2, 0.25) is 11.8 Å². The van der Waals surface area contributed by atoms with Crippen molar-refractivity contribution in [2.45, 2.75) is 39.7 Å². The molecule has 1 saturated heterocycles. The molecule has 0 saturated carbocycles. The first-order valence-electron chi connectivity index (χ1n) is 14.0. The molecule has 1 aromatic heterocycles. The number of para-hydroxylation sites is 3. The second-order valence-corrected chi connectivity index (χ2v) is 9.99. The second kappa shape index (κ2) is 13.3. The highest BCUT2D eigenvalue weighted by Gasteiger charge is 2.21. The Morgan fingerprint density at radius 3 is 2.52 bits per heavy atom. The van der Waals surface area contributed by atoms with Crippen LogP contribution in [0.15, 0.2) is 66.9 Å². The number of carbonyl (C=O) groups is 1. The zero-order valence-corrected chi connectivity index (χ0v) is 23.9. The molecule has 3 N–H and O–H groups in total. The van der Waals surface area contributed by atoms with Gasteiger partial charge < -0.3 is 30.2 Å².